The van der Waals surface area contributed by atoms with Gasteiger partial charge in [-0.05, 0) is 86.7 Å². The number of likely N-dealkylation sites (tertiary alicyclic amines) is 1. The van der Waals surface area contributed by atoms with Gasteiger partial charge in [0, 0.05) is 84.4 Å². The third-order valence-corrected chi connectivity index (χ3v) is 9.49. The molecule has 3 heterocycles. The lowest BCUT2D eigenvalue weighted by Gasteiger charge is -2.39. The molecule has 0 radical (unpaired) electrons. The van der Waals surface area contributed by atoms with E-state index >= 15 is 0 Å². The van der Waals surface area contributed by atoms with Gasteiger partial charge in [0.05, 0.1) is 5.69 Å². The van der Waals surface area contributed by atoms with E-state index in [0.29, 0.717) is 73.2 Å². The van der Waals surface area contributed by atoms with Gasteiger partial charge in [-0.1, -0.05) is 18.2 Å². The first-order valence-corrected chi connectivity index (χ1v) is 16.2. The second-order valence-corrected chi connectivity index (χ2v) is 12.7. The second kappa shape index (κ2) is 14.3. The number of hydrogen-bond donors (Lipinski definition) is 3. The van der Waals surface area contributed by atoms with Crippen molar-refractivity contribution in [2.24, 2.45) is 5.73 Å². The van der Waals surface area contributed by atoms with Gasteiger partial charge in [0.25, 0.3) is 0 Å². The van der Waals surface area contributed by atoms with Crippen molar-refractivity contribution in [1.82, 2.24) is 20.1 Å². The fraction of sp³-hybridized carbons (Fsp3) is 0.355. The monoisotopic (exact) mass is 726 g/mol. The zero-order valence-electron chi connectivity index (χ0n) is 24.2. The number of piperazine rings is 1. The molecule has 44 heavy (non-hydrogen) atoms. The summed E-state index contributed by atoms with van der Waals surface area (Å²) in [5.74, 6) is -0.129. The van der Waals surface area contributed by atoms with E-state index in [4.69, 9.17) is 11.5 Å². The molecule has 0 unspecified atom stereocenters. The van der Waals surface area contributed by atoms with Gasteiger partial charge < -0.3 is 31.5 Å². The van der Waals surface area contributed by atoms with Crippen molar-refractivity contribution in [3.8, 4) is 0 Å². The maximum Gasteiger partial charge on any atom is 0.319 e. The highest BCUT2D eigenvalue weighted by molar-refractivity contribution is 9.11. The Morgan fingerprint density at radius 1 is 0.909 bits per heavy atom. The second-order valence-electron chi connectivity index (χ2n) is 11.0. The summed E-state index contributed by atoms with van der Waals surface area (Å²) in [4.78, 5) is 51.3. The van der Waals surface area contributed by atoms with Crippen LogP contribution in [-0.4, -0.2) is 84.1 Å². The summed E-state index contributed by atoms with van der Waals surface area (Å²) in [6, 6.07) is 15.3. The zero-order valence-corrected chi connectivity index (χ0v) is 27.4. The fourth-order valence-corrected chi connectivity index (χ4v) is 7.11. The number of nitrogens with two attached hydrogens (primary N) is 2. The molecule has 5 N–H and O–H groups in total. The first kappa shape index (κ1) is 31.6. The maximum atomic E-state index is 13.9. The Bertz CT molecular complexity index is 1440. The number of amides is 5. The van der Waals surface area contributed by atoms with Gasteiger partial charge in [-0.3, -0.25) is 14.7 Å². The highest BCUT2D eigenvalue weighted by Crippen LogP contribution is 2.30. The van der Waals surface area contributed by atoms with Crippen LogP contribution in [0.2, 0.25) is 0 Å². The predicted molar refractivity (Wildman–Crippen MR) is 178 cm³/mol. The van der Waals surface area contributed by atoms with E-state index in [1.807, 2.05) is 59.5 Å². The fourth-order valence-electron chi connectivity index (χ4n) is 5.82. The Hall–Kier alpha value is -3.84. The molecule has 2 saturated heterocycles. The molecule has 13 heteroatoms. The van der Waals surface area contributed by atoms with Crippen LogP contribution in [0.25, 0.3) is 0 Å². The summed E-state index contributed by atoms with van der Waals surface area (Å²) in [5, 5.41) is 3.03. The van der Waals surface area contributed by atoms with Crippen molar-refractivity contribution in [3.63, 3.8) is 0 Å². The average molecular weight is 728 g/mol. The number of aromatic nitrogens is 1. The van der Waals surface area contributed by atoms with E-state index in [2.05, 4.69) is 47.1 Å². The summed E-state index contributed by atoms with van der Waals surface area (Å²) in [6.45, 7) is 3.30. The summed E-state index contributed by atoms with van der Waals surface area (Å²) in [5.41, 5.74) is 15.1. The van der Waals surface area contributed by atoms with Gasteiger partial charge in [0.2, 0.25) is 5.91 Å². The largest absolute Gasteiger partial charge is 0.397 e. The van der Waals surface area contributed by atoms with Crippen LogP contribution < -0.4 is 26.6 Å². The van der Waals surface area contributed by atoms with Crippen LogP contribution in [0.5, 0.6) is 0 Å². The number of piperidine rings is 1. The van der Waals surface area contributed by atoms with E-state index in [-0.39, 0.29) is 18.0 Å². The van der Waals surface area contributed by atoms with Crippen molar-refractivity contribution in [3.05, 3.63) is 81.5 Å². The summed E-state index contributed by atoms with van der Waals surface area (Å²) in [7, 11) is 0. The molecule has 5 amide bonds. The lowest BCUT2D eigenvalue weighted by atomic mass is 10.0. The molecule has 3 aromatic rings. The Kier molecular flexibility index (Phi) is 10.3. The molecule has 232 valence electrons. The molecular formula is C31H36Br2N8O3. The van der Waals surface area contributed by atoms with Gasteiger partial charge in [-0.2, -0.15) is 0 Å². The van der Waals surface area contributed by atoms with E-state index in [1.165, 1.54) is 0 Å². The highest BCUT2D eigenvalue weighted by atomic mass is 79.9. The number of nitrogen functional groups attached to an aromatic ring is 1. The van der Waals surface area contributed by atoms with Crippen LogP contribution in [0.15, 0.2) is 75.9 Å². The molecule has 0 bridgehead atoms. The first-order valence-electron chi connectivity index (χ1n) is 14.6. The van der Waals surface area contributed by atoms with Crippen LogP contribution in [0.1, 0.15) is 18.4 Å². The number of benzene rings is 2. The lowest BCUT2D eigenvalue weighted by Crippen LogP contribution is -2.58. The Morgan fingerprint density at radius 3 is 2.11 bits per heavy atom. The van der Waals surface area contributed by atoms with Crippen molar-refractivity contribution in [2.75, 3.05) is 54.8 Å². The van der Waals surface area contributed by atoms with Gasteiger partial charge in [-0.25, -0.2) is 9.59 Å². The molecule has 2 fully saturated rings. The van der Waals surface area contributed by atoms with Crippen molar-refractivity contribution >= 4 is 66.9 Å². The number of primary amides is 1. The smallest absolute Gasteiger partial charge is 0.319 e. The average Bonchev–Trinajstić information content (AvgIpc) is 3.04. The Morgan fingerprint density at radius 2 is 1.52 bits per heavy atom. The van der Waals surface area contributed by atoms with E-state index in [9.17, 15) is 14.4 Å². The first-order chi connectivity index (χ1) is 21.2. The molecular weight excluding hydrogens is 692 g/mol. The van der Waals surface area contributed by atoms with E-state index in [1.54, 1.807) is 22.2 Å². The molecule has 1 atom stereocenters. The number of para-hydroxylation sites is 1. The van der Waals surface area contributed by atoms with Crippen LogP contribution in [-0.2, 0) is 11.2 Å². The minimum absolute atomic E-state index is 0.127. The van der Waals surface area contributed by atoms with Gasteiger partial charge in [0.15, 0.2) is 0 Å². The number of nitrogens with one attached hydrogen (secondary N) is 1. The molecule has 2 aromatic carbocycles. The van der Waals surface area contributed by atoms with Gasteiger partial charge in [-0.15, -0.1) is 0 Å². The summed E-state index contributed by atoms with van der Waals surface area (Å²) >= 11 is 6.99. The SMILES string of the molecule is NC(=O)N(c1ccccc1)C1CCN(C(=O)N[C@H](Cc2cc(Br)c(N)c(Br)c2)C(=O)N2CCN(c3ccncc3)CC2)CC1. The number of hydrogen-bond acceptors (Lipinski definition) is 6. The molecule has 0 aliphatic carbocycles. The quantitative estimate of drug-likeness (QED) is 0.312. The number of pyridine rings is 1. The maximum absolute atomic E-state index is 13.9. The lowest BCUT2D eigenvalue weighted by molar-refractivity contribution is -0.133. The minimum atomic E-state index is -0.776. The van der Waals surface area contributed by atoms with Gasteiger partial charge in [0.1, 0.15) is 6.04 Å². The third kappa shape index (κ3) is 7.44. The van der Waals surface area contributed by atoms with Crippen LogP contribution >= 0.6 is 31.9 Å². The molecule has 1 aromatic heterocycles. The standard InChI is InChI=1S/C31H36Br2N8O3/c32-25-18-21(19-26(33)28(25)34)20-27(29(42)39-16-14-38(15-17-39)22-6-10-36-11-7-22)37-31(44)40-12-8-24(9-13-40)41(30(35)43)23-4-2-1-3-5-23/h1-7,10-11,18-19,24,27H,8-9,12-17,20,34H2,(H2,35,43)(H,37,44)/t27-/m1/s1. The van der Waals surface area contributed by atoms with E-state index in [0.717, 1.165) is 16.9 Å². The van der Waals surface area contributed by atoms with Crippen LogP contribution in [0.3, 0.4) is 0 Å². The normalized spacial score (nSPS) is 16.4. The topological polar surface area (TPSA) is 141 Å². The van der Waals surface area contributed by atoms with Crippen molar-refractivity contribution in [2.45, 2.75) is 31.3 Å². The number of urea groups is 2. The van der Waals surface area contributed by atoms with E-state index < -0.39 is 12.1 Å². The summed E-state index contributed by atoms with van der Waals surface area (Å²) < 4.78 is 1.43. The number of anilines is 3. The molecule has 0 saturated carbocycles. The molecule has 0 spiro atoms. The Labute approximate surface area is 273 Å². The van der Waals surface area contributed by atoms with Crippen LogP contribution in [0.4, 0.5) is 26.7 Å². The summed E-state index contributed by atoms with van der Waals surface area (Å²) in [6.07, 6.45) is 4.96. The van der Waals surface area contributed by atoms with Crippen LogP contribution in [0, 0.1) is 0 Å². The minimum Gasteiger partial charge on any atom is -0.397 e. The molecule has 11 nitrogen and oxygen atoms in total. The predicted octanol–water partition coefficient (Wildman–Crippen LogP) is 4.21. The number of carbonyl (C=O) groups is 3. The van der Waals surface area contributed by atoms with Crippen molar-refractivity contribution < 1.29 is 14.4 Å². The number of nitrogens with zero attached hydrogens (tertiary/aromatic N) is 5. The van der Waals surface area contributed by atoms with Crippen molar-refractivity contribution in [1.29, 1.82) is 0 Å². The van der Waals surface area contributed by atoms with Gasteiger partial charge >= 0.3 is 12.1 Å². The number of carbonyl (C=O) groups excluding carboxylic acids is 3. The number of halogens is 2. The molecule has 2 aliphatic rings. The molecule has 5 rings (SSSR count). The Balaban J connectivity index is 1.26. The molecule has 2 aliphatic heterocycles. The number of rotatable bonds is 7. The third-order valence-electron chi connectivity index (χ3n) is 8.18. The highest BCUT2D eigenvalue weighted by Gasteiger charge is 2.33. The zero-order chi connectivity index (χ0) is 31.2.